The number of alkyl halides is 3. The van der Waals surface area contributed by atoms with E-state index in [9.17, 15) is 23.3 Å². The van der Waals surface area contributed by atoms with Gasteiger partial charge in [-0.15, -0.1) is 11.3 Å². The molecular formula is C17H11F3N6O2S. The van der Waals surface area contributed by atoms with Crippen LogP contribution in [0.3, 0.4) is 0 Å². The summed E-state index contributed by atoms with van der Waals surface area (Å²) >= 11 is 0.511. The van der Waals surface area contributed by atoms with Crippen molar-refractivity contribution in [3.05, 3.63) is 69.3 Å². The van der Waals surface area contributed by atoms with Crippen LogP contribution < -0.4 is 5.32 Å². The van der Waals surface area contributed by atoms with Crippen LogP contribution in [0.5, 0.6) is 0 Å². The first kappa shape index (κ1) is 18.8. The fraction of sp³-hybridized carbons (Fsp3) is 0.118. The molecule has 4 aromatic rings. The van der Waals surface area contributed by atoms with E-state index in [1.165, 1.54) is 29.1 Å². The van der Waals surface area contributed by atoms with Gasteiger partial charge in [0, 0.05) is 31.1 Å². The highest BCUT2D eigenvalue weighted by Gasteiger charge is 2.33. The number of nitrogens with one attached hydrogen (secondary N) is 1. The van der Waals surface area contributed by atoms with Gasteiger partial charge in [0.2, 0.25) is 0 Å². The minimum atomic E-state index is -4.51. The van der Waals surface area contributed by atoms with Crippen LogP contribution in [0, 0.1) is 10.1 Å². The molecule has 0 radical (unpaired) electrons. The molecular weight excluding hydrogens is 409 g/mol. The van der Waals surface area contributed by atoms with Crippen molar-refractivity contribution in [2.24, 2.45) is 0 Å². The fourth-order valence-electron chi connectivity index (χ4n) is 2.64. The third kappa shape index (κ3) is 3.87. The summed E-state index contributed by atoms with van der Waals surface area (Å²) in [4.78, 5) is 18.2. The predicted octanol–water partition coefficient (Wildman–Crippen LogP) is 4.42. The molecule has 0 atom stereocenters. The Balaban J connectivity index is 1.74. The smallest absolute Gasteiger partial charge is 0.365 e. The Labute approximate surface area is 164 Å². The first-order valence-corrected chi connectivity index (χ1v) is 8.99. The summed E-state index contributed by atoms with van der Waals surface area (Å²) in [5.41, 5.74) is 0.502. The molecule has 4 rings (SSSR count). The minimum Gasteiger partial charge on any atom is -0.365 e. The van der Waals surface area contributed by atoms with Crippen molar-refractivity contribution in [1.29, 1.82) is 0 Å². The Morgan fingerprint density at radius 1 is 1.21 bits per heavy atom. The molecule has 3 aromatic heterocycles. The van der Waals surface area contributed by atoms with Crippen molar-refractivity contribution in [2.45, 2.75) is 12.7 Å². The largest absolute Gasteiger partial charge is 0.425 e. The van der Waals surface area contributed by atoms with E-state index in [1.807, 2.05) is 0 Å². The molecule has 1 N–H and O–H groups in total. The van der Waals surface area contributed by atoms with Crippen LogP contribution in [0.2, 0.25) is 0 Å². The van der Waals surface area contributed by atoms with Gasteiger partial charge in [0.15, 0.2) is 0 Å². The van der Waals surface area contributed by atoms with Gasteiger partial charge in [-0.2, -0.15) is 28.2 Å². The Hall–Kier alpha value is -3.54. The zero-order chi connectivity index (χ0) is 20.6. The van der Waals surface area contributed by atoms with Gasteiger partial charge in [0.25, 0.3) is 11.6 Å². The quantitative estimate of drug-likeness (QED) is 0.379. The monoisotopic (exact) mass is 420 g/mol. The lowest BCUT2D eigenvalue weighted by Crippen LogP contribution is -2.07. The van der Waals surface area contributed by atoms with E-state index in [-0.39, 0.29) is 34.2 Å². The van der Waals surface area contributed by atoms with E-state index in [0.29, 0.717) is 16.9 Å². The van der Waals surface area contributed by atoms with Crippen molar-refractivity contribution >= 4 is 33.1 Å². The third-order valence-electron chi connectivity index (χ3n) is 3.95. The molecule has 3 heterocycles. The molecule has 0 aliphatic heterocycles. The van der Waals surface area contributed by atoms with Crippen LogP contribution in [0.25, 0.3) is 16.2 Å². The average molecular weight is 420 g/mol. The van der Waals surface area contributed by atoms with E-state index < -0.39 is 16.0 Å². The normalized spacial score (nSPS) is 11.7. The highest BCUT2D eigenvalue weighted by Crippen LogP contribution is 2.39. The van der Waals surface area contributed by atoms with Crippen molar-refractivity contribution in [3.8, 4) is 5.95 Å². The molecule has 0 spiro atoms. The molecule has 0 saturated heterocycles. The zero-order valence-corrected chi connectivity index (χ0v) is 15.2. The summed E-state index contributed by atoms with van der Waals surface area (Å²) in [6.45, 7) is 0.129. The highest BCUT2D eigenvalue weighted by molar-refractivity contribution is 7.18. The SMILES string of the molecule is O=[N+]([O-])c1cccc(CNc2nc(-n3cccn3)nc3sc(C(F)(F)F)cc23)c1. The topological polar surface area (TPSA) is 98.8 Å². The molecule has 8 nitrogen and oxygen atoms in total. The maximum Gasteiger partial charge on any atom is 0.425 e. The van der Waals surface area contributed by atoms with Crippen molar-refractivity contribution < 1.29 is 18.1 Å². The average Bonchev–Trinajstić information content (AvgIpc) is 3.35. The maximum atomic E-state index is 13.2. The van der Waals surface area contributed by atoms with Gasteiger partial charge in [-0.25, -0.2) is 4.68 Å². The zero-order valence-electron chi connectivity index (χ0n) is 14.4. The standard InChI is InChI=1S/C17H11F3N6O2S/c18-17(19,20)13-8-12-14(21-9-10-3-1-4-11(7-10)26(27)28)23-16(24-15(12)29-13)25-6-2-5-22-25/h1-8H,9H2,(H,21,23,24). The summed E-state index contributed by atoms with van der Waals surface area (Å²) in [7, 11) is 0. The Morgan fingerprint density at radius 2 is 2.03 bits per heavy atom. The van der Waals surface area contributed by atoms with Crippen molar-refractivity contribution in [1.82, 2.24) is 19.7 Å². The number of non-ortho nitro benzene ring substituents is 1. The van der Waals surface area contributed by atoms with Gasteiger partial charge < -0.3 is 5.32 Å². The molecule has 0 aliphatic rings. The number of benzene rings is 1. The molecule has 1 aromatic carbocycles. The molecule has 0 unspecified atom stereocenters. The van der Waals surface area contributed by atoms with Gasteiger partial charge >= 0.3 is 6.18 Å². The minimum absolute atomic E-state index is 0.0794. The maximum absolute atomic E-state index is 13.2. The molecule has 0 saturated carbocycles. The van der Waals surface area contributed by atoms with E-state index in [4.69, 9.17) is 0 Å². The highest BCUT2D eigenvalue weighted by atomic mass is 32.1. The van der Waals surface area contributed by atoms with Crippen LogP contribution in [-0.4, -0.2) is 24.7 Å². The van der Waals surface area contributed by atoms with Gasteiger partial charge in [0.1, 0.15) is 15.5 Å². The fourth-order valence-corrected chi connectivity index (χ4v) is 3.53. The number of halogens is 3. The molecule has 0 bridgehead atoms. The van der Waals surface area contributed by atoms with Gasteiger partial charge in [-0.1, -0.05) is 12.1 Å². The Kier molecular flexibility index (Phi) is 4.62. The summed E-state index contributed by atoms with van der Waals surface area (Å²) in [5.74, 6) is 0.290. The lowest BCUT2D eigenvalue weighted by atomic mass is 10.2. The Morgan fingerprint density at radius 3 is 2.72 bits per heavy atom. The van der Waals surface area contributed by atoms with Crippen LogP contribution >= 0.6 is 11.3 Å². The molecule has 0 fully saturated rings. The van der Waals surface area contributed by atoms with E-state index in [1.54, 1.807) is 18.3 Å². The lowest BCUT2D eigenvalue weighted by molar-refractivity contribution is -0.384. The number of thiophene rings is 1. The van der Waals surface area contributed by atoms with Crippen LogP contribution in [0.1, 0.15) is 10.4 Å². The summed E-state index contributed by atoms with van der Waals surface area (Å²) in [5, 5.41) is 18.1. The second kappa shape index (κ2) is 7.13. The number of fused-ring (bicyclic) bond motifs is 1. The summed E-state index contributed by atoms with van der Waals surface area (Å²) in [6.07, 6.45) is -1.43. The molecule has 12 heteroatoms. The number of nitro benzene ring substituents is 1. The lowest BCUT2D eigenvalue weighted by Gasteiger charge is -2.09. The number of hydrogen-bond donors (Lipinski definition) is 1. The molecule has 0 amide bonds. The summed E-state index contributed by atoms with van der Waals surface area (Å²) in [6, 6.07) is 8.57. The third-order valence-corrected chi connectivity index (χ3v) is 5.02. The van der Waals surface area contributed by atoms with E-state index >= 15 is 0 Å². The second-order valence-electron chi connectivity index (χ2n) is 5.93. The van der Waals surface area contributed by atoms with Gasteiger partial charge in [0.05, 0.1) is 10.3 Å². The van der Waals surface area contributed by atoms with Crippen molar-refractivity contribution in [3.63, 3.8) is 0 Å². The second-order valence-corrected chi connectivity index (χ2v) is 6.96. The van der Waals surface area contributed by atoms with Gasteiger partial charge in [-0.05, 0) is 17.7 Å². The number of nitrogens with zero attached hydrogens (tertiary/aromatic N) is 5. The molecule has 29 heavy (non-hydrogen) atoms. The molecule has 148 valence electrons. The van der Waals surface area contributed by atoms with E-state index in [0.717, 1.165) is 6.07 Å². The summed E-state index contributed by atoms with van der Waals surface area (Å²) < 4.78 is 40.8. The number of rotatable bonds is 5. The predicted molar refractivity (Wildman–Crippen MR) is 100.0 cm³/mol. The van der Waals surface area contributed by atoms with Crippen molar-refractivity contribution in [2.75, 3.05) is 5.32 Å². The van der Waals surface area contributed by atoms with Crippen LogP contribution in [0.4, 0.5) is 24.7 Å². The molecule has 0 aliphatic carbocycles. The number of anilines is 1. The number of hydrogen-bond acceptors (Lipinski definition) is 7. The first-order chi connectivity index (χ1) is 13.8. The van der Waals surface area contributed by atoms with Crippen LogP contribution in [0.15, 0.2) is 48.8 Å². The van der Waals surface area contributed by atoms with Gasteiger partial charge in [-0.3, -0.25) is 10.1 Å². The first-order valence-electron chi connectivity index (χ1n) is 8.17. The number of aromatic nitrogens is 4. The Bertz CT molecular complexity index is 1190. The number of nitro groups is 1. The van der Waals surface area contributed by atoms with E-state index in [2.05, 4.69) is 20.4 Å². The van der Waals surface area contributed by atoms with Crippen LogP contribution in [-0.2, 0) is 12.7 Å².